The number of amides is 1. The van der Waals surface area contributed by atoms with Gasteiger partial charge in [0.05, 0.1) is 0 Å². The van der Waals surface area contributed by atoms with Crippen molar-refractivity contribution in [3.63, 3.8) is 0 Å². The van der Waals surface area contributed by atoms with E-state index >= 15 is 0 Å². The predicted octanol–water partition coefficient (Wildman–Crippen LogP) is 3.67. The molecule has 2 rings (SSSR count). The Morgan fingerprint density at radius 1 is 1.00 bits per heavy atom. The number of hydrogen-bond donors (Lipinski definition) is 2. The molecule has 0 saturated heterocycles. The standard InChI is InChI=1S/C20H27N3O.2ClH/c1-17-7-5-6-10-19(17)22-14-11-20(24)23(16-13-21)15-12-18-8-3-2-4-9-18;;/h2-10,22H,11-16,21H2,1H3;2*1H. The van der Waals surface area contributed by atoms with Gasteiger partial charge in [-0.25, -0.2) is 0 Å². The molecule has 144 valence electrons. The molecule has 0 aliphatic carbocycles. The average Bonchev–Trinajstić information content (AvgIpc) is 2.61. The summed E-state index contributed by atoms with van der Waals surface area (Å²) >= 11 is 0. The fraction of sp³-hybridized carbons (Fsp3) is 0.350. The van der Waals surface area contributed by atoms with Crippen LogP contribution in [0.1, 0.15) is 17.5 Å². The summed E-state index contributed by atoms with van der Waals surface area (Å²) in [6.45, 7) is 4.51. The minimum absolute atomic E-state index is 0. The highest BCUT2D eigenvalue weighted by molar-refractivity contribution is 5.85. The lowest BCUT2D eigenvalue weighted by Gasteiger charge is -2.22. The van der Waals surface area contributed by atoms with Crippen molar-refractivity contribution in [3.05, 3.63) is 65.7 Å². The summed E-state index contributed by atoms with van der Waals surface area (Å²) in [5, 5.41) is 3.34. The quantitative estimate of drug-likeness (QED) is 0.678. The average molecular weight is 398 g/mol. The molecule has 0 aromatic heterocycles. The number of nitrogens with one attached hydrogen (secondary N) is 1. The monoisotopic (exact) mass is 397 g/mol. The van der Waals surface area contributed by atoms with Crippen LogP contribution in [-0.4, -0.2) is 37.0 Å². The first kappa shape index (κ1) is 24.2. The maximum Gasteiger partial charge on any atom is 0.224 e. The normalized spacial score (nSPS) is 9.62. The minimum atomic E-state index is 0. The Kier molecular flexibility index (Phi) is 12.5. The van der Waals surface area contributed by atoms with Crippen LogP contribution < -0.4 is 11.1 Å². The molecule has 4 nitrogen and oxygen atoms in total. The van der Waals surface area contributed by atoms with Gasteiger partial charge in [-0.2, -0.15) is 0 Å². The van der Waals surface area contributed by atoms with Crippen molar-refractivity contribution < 1.29 is 4.79 Å². The molecule has 0 aliphatic rings. The largest absolute Gasteiger partial charge is 0.384 e. The van der Waals surface area contributed by atoms with Crippen LogP contribution in [0.2, 0.25) is 0 Å². The number of anilines is 1. The zero-order valence-corrected chi connectivity index (χ0v) is 16.8. The van der Waals surface area contributed by atoms with Gasteiger partial charge in [-0.3, -0.25) is 4.79 Å². The molecule has 0 saturated carbocycles. The Hall–Kier alpha value is -1.75. The highest BCUT2D eigenvalue weighted by atomic mass is 35.5. The van der Waals surface area contributed by atoms with Crippen LogP contribution >= 0.6 is 24.8 Å². The summed E-state index contributed by atoms with van der Waals surface area (Å²) in [6.07, 6.45) is 1.33. The zero-order chi connectivity index (χ0) is 17.2. The van der Waals surface area contributed by atoms with Crippen molar-refractivity contribution >= 4 is 36.4 Å². The molecule has 1 amide bonds. The molecule has 26 heavy (non-hydrogen) atoms. The lowest BCUT2D eigenvalue weighted by Crippen LogP contribution is -2.37. The molecule has 0 bridgehead atoms. The van der Waals surface area contributed by atoms with Gasteiger partial charge in [-0.05, 0) is 30.5 Å². The number of nitrogens with two attached hydrogens (primary N) is 1. The molecule has 2 aromatic carbocycles. The molecule has 0 aliphatic heterocycles. The number of benzene rings is 2. The number of carbonyl (C=O) groups is 1. The number of rotatable bonds is 9. The Morgan fingerprint density at radius 3 is 2.31 bits per heavy atom. The van der Waals surface area contributed by atoms with Crippen LogP contribution in [0.3, 0.4) is 0 Å². The first-order valence-electron chi connectivity index (χ1n) is 8.52. The smallest absolute Gasteiger partial charge is 0.224 e. The van der Waals surface area contributed by atoms with Gasteiger partial charge >= 0.3 is 0 Å². The molecule has 0 heterocycles. The third-order valence-electron chi connectivity index (χ3n) is 4.06. The molecule has 0 fully saturated rings. The van der Waals surface area contributed by atoms with Crippen molar-refractivity contribution in [2.75, 3.05) is 31.5 Å². The van der Waals surface area contributed by atoms with E-state index in [1.165, 1.54) is 11.1 Å². The third-order valence-corrected chi connectivity index (χ3v) is 4.06. The lowest BCUT2D eigenvalue weighted by molar-refractivity contribution is -0.130. The van der Waals surface area contributed by atoms with Crippen LogP contribution in [0.5, 0.6) is 0 Å². The topological polar surface area (TPSA) is 58.4 Å². The molecule has 0 radical (unpaired) electrons. The van der Waals surface area contributed by atoms with E-state index in [0.717, 1.165) is 12.1 Å². The van der Waals surface area contributed by atoms with Crippen molar-refractivity contribution in [1.82, 2.24) is 4.90 Å². The maximum absolute atomic E-state index is 12.5. The van der Waals surface area contributed by atoms with E-state index in [1.54, 1.807) is 0 Å². The van der Waals surface area contributed by atoms with Crippen LogP contribution in [0.15, 0.2) is 54.6 Å². The molecule has 2 aromatic rings. The Morgan fingerprint density at radius 2 is 1.65 bits per heavy atom. The van der Waals surface area contributed by atoms with Gasteiger partial charge < -0.3 is 16.0 Å². The summed E-state index contributed by atoms with van der Waals surface area (Å²) < 4.78 is 0. The van der Waals surface area contributed by atoms with E-state index in [0.29, 0.717) is 32.6 Å². The molecular formula is C20H29Cl2N3O. The highest BCUT2D eigenvalue weighted by Crippen LogP contribution is 2.13. The minimum Gasteiger partial charge on any atom is -0.384 e. The first-order chi connectivity index (χ1) is 11.7. The van der Waals surface area contributed by atoms with E-state index in [2.05, 4.69) is 30.4 Å². The van der Waals surface area contributed by atoms with Crippen LogP contribution in [-0.2, 0) is 11.2 Å². The Balaban J connectivity index is 0.00000312. The summed E-state index contributed by atoms with van der Waals surface area (Å²) in [4.78, 5) is 14.3. The summed E-state index contributed by atoms with van der Waals surface area (Å²) in [5.41, 5.74) is 9.18. The number of halogens is 2. The fourth-order valence-electron chi connectivity index (χ4n) is 2.66. The SMILES string of the molecule is Cc1ccccc1NCCC(=O)N(CCN)CCc1ccccc1.Cl.Cl. The number of carbonyl (C=O) groups excluding carboxylic acids is 1. The van der Waals surface area contributed by atoms with Gasteiger partial charge in [-0.1, -0.05) is 48.5 Å². The highest BCUT2D eigenvalue weighted by Gasteiger charge is 2.12. The Bertz CT molecular complexity index is 638. The molecule has 0 atom stereocenters. The van der Waals surface area contributed by atoms with Crippen LogP contribution in [0.4, 0.5) is 5.69 Å². The molecule has 0 unspecified atom stereocenters. The number of hydrogen-bond acceptors (Lipinski definition) is 3. The predicted molar refractivity (Wildman–Crippen MR) is 115 cm³/mol. The molecule has 0 spiro atoms. The lowest BCUT2D eigenvalue weighted by atomic mass is 10.1. The van der Waals surface area contributed by atoms with Gasteiger partial charge in [0.25, 0.3) is 0 Å². The van der Waals surface area contributed by atoms with E-state index in [-0.39, 0.29) is 30.7 Å². The van der Waals surface area contributed by atoms with Gasteiger partial charge in [0, 0.05) is 38.3 Å². The maximum atomic E-state index is 12.5. The summed E-state index contributed by atoms with van der Waals surface area (Å²) in [5.74, 6) is 0.150. The van der Waals surface area contributed by atoms with E-state index in [1.807, 2.05) is 41.3 Å². The number of aryl methyl sites for hydroxylation is 1. The van der Waals surface area contributed by atoms with Crippen molar-refractivity contribution in [1.29, 1.82) is 0 Å². The van der Waals surface area contributed by atoms with Gasteiger partial charge in [0.15, 0.2) is 0 Å². The third kappa shape index (κ3) is 8.09. The first-order valence-corrected chi connectivity index (χ1v) is 8.52. The summed E-state index contributed by atoms with van der Waals surface area (Å²) in [7, 11) is 0. The number of nitrogens with zero attached hydrogens (tertiary/aromatic N) is 1. The van der Waals surface area contributed by atoms with Gasteiger partial charge in [-0.15, -0.1) is 24.8 Å². The van der Waals surface area contributed by atoms with Gasteiger partial charge in [0.1, 0.15) is 0 Å². The number of para-hydroxylation sites is 1. The van der Waals surface area contributed by atoms with E-state index < -0.39 is 0 Å². The van der Waals surface area contributed by atoms with Gasteiger partial charge in [0.2, 0.25) is 5.91 Å². The van der Waals surface area contributed by atoms with Crippen LogP contribution in [0.25, 0.3) is 0 Å². The van der Waals surface area contributed by atoms with Crippen molar-refractivity contribution in [2.24, 2.45) is 5.73 Å². The van der Waals surface area contributed by atoms with Crippen molar-refractivity contribution in [2.45, 2.75) is 19.8 Å². The van der Waals surface area contributed by atoms with Crippen LogP contribution in [0, 0.1) is 6.92 Å². The zero-order valence-electron chi connectivity index (χ0n) is 15.2. The molecular weight excluding hydrogens is 369 g/mol. The van der Waals surface area contributed by atoms with Crippen molar-refractivity contribution in [3.8, 4) is 0 Å². The second-order valence-electron chi connectivity index (χ2n) is 5.90. The van der Waals surface area contributed by atoms with E-state index in [4.69, 9.17) is 5.73 Å². The molecule has 6 heteroatoms. The summed E-state index contributed by atoms with van der Waals surface area (Å²) in [6, 6.07) is 18.3. The Labute approximate surface area is 169 Å². The fourth-order valence-corrected chi connectivity index (χ4v) is 2.66. The van der Waals surface area contributed by atoms with E-state index in [9.17, 15) is 4.79 Å². The second-order valence-corrected chi connectivity index (χ2v) is 5.90. The molecule has 3 N–H and O–H groups in total. The second kappa shape index (κ2) is 13.5.